The summed E-state index contributed by atoms with van der Waals surface area (Å²) in [6.07, 6.45) is -4.52. The Morgan fingerprint density at radius 1 is 1.35 bits per heavy atom. The lowest BCUT2D eigenvalue weighted by Gasteiger charge is -2.24. The van der Waals surface area contributed by atoms with Crippen LogP contribution >= 0.6 is 0 Å². The normalized spacial score (nSPS) is 11.2. The Morgan fingerprint density at radius 2 is 2.00 bits per heavy atom. The Hall–Kier alpha value is -1.76. The number of ether oxygens (including phenoxy) is 1. The maximum atomic E-state index is 12.4. The van der Waals surface area contributed by atoms with Crippen LogP contribution in [0.3, 0.4) is 0 Å². The Labute approximate surface area is 114 Å². The molecule has 1 amide bonds. The van der Waals surface area contributed by atoms with Gasteiger partial charge in [-0.2, -0.15) is 13.2 Å². The number of halogens is 3. The fourth-order valence-corrected chi connectivity index (χ4v) is 1.68. The summed E-state index contributed by atoms with van der Waals surface area (Å²) in [7, 11) is 0. The molecule has 0 bridgehead atoms. The van der Waals surface area contributed by atoms with E-state index in [0.29, 0.717) is 11.5 Å². The van der Waals surface area contributed by atoms with E-state index in [1.54, 1.807) is 19.1 Å². The molecule has 0 saturated carbocycles. The topological polar surface area (TPSA) is 49.8 Å². The summed E-state index contributed by atoms with van der Waals surface area (Å²) in [5.41, 5.74) is 0.0482. The number of nitrogens with zero attached hydrogens (tertiary/aromatic N) is 1. The van der Waals surface area contributed by atoms with Crippen molar-refractivity contribution in [3.8, 4) is 5.75 Å². The number of aliphatic hydroxyl groups excluding tert-OH is 1. The van der Waals surface area contributed by atoms with Gasteiger partial charge >= 0.3 is 6.18 Å². The summed E-state index contributed by atoms with van der Waals surface area (Å²) in [6, 6.07) is 6.08. The van der Waals surface area contributed by atoms with Gasteiger partial charge in [0.05, 0.1) is 18.8 Å². The van der Waals surface area contributed by atoms with Crippen LogP contribution in [0.25, 0.3) is 0 Å². The first-order valence-corrected chi connectivity index (χ1v) is 6.07. The van der Waals surface area contributed by atoms with Gasteiger partial charge in [0, 0.05) is 6.54 Å². The molecule has 0 spiro atoms. The fraction of sp³-hybridized carbons (Fsp3) is 0.462. The van der Waals surface area contributed by atoms with Gasteiger partial charge in [-0.15, -0.1) is 0 Å². The Bertz CT molecular complexity index is 449. The average Bonchev–Trinajstić information content (AvgIpc) is 2.37. The molecule has 0 aliphatic carbocycles. The highest BCUT2D eigenvalue weighted by Gasteiger charge is 2.33. The van der Waals surface area contributed by atoms with E-state index in [1.807, 2.05) is 0 Å². The second-order valence-electron chi connectivity index (χ2n) is 3.99. The number of hydrogen-bond acceptors (Lipinski definition) is 3. The quantitative estimate of drug-likeness (QED) is 0.873. The third-order valence-electron chi connectivity index (χ3n) is 2.44. The molecule has 0 fully saturated rings. The molecule has 0 aliphatic heterocycles. The van der Waals surface area contributed by atoms with Crippen molar-refractivity contribution in [2.45, 2.75) is 13.1 Å². The zero-order chi connectivity index (χ0) is 15.2. The van der Waals surface area contributed by atoms with Crippen molar-refractivity contribution in [2.75, 3.05) is 26.3 Å². The average molecular weight is 291 g/mol. The highest BCUT2D eigenvalue weighted by Crippen LogP contribution is 2.22. The van der Waals surface area contributed by atoms with Crippen LogP contribution in [0.15, 0.2) is 24.3 Å². The molecule has 0 aromatic heterocycles. The van der Waals surface area contributed by atoms with Crippen molar-refractivity contribution in [3.63, 3.8) is 0 Å². The monoisotopic (exact) mass is 291 g/mol. The summed E-state index contributed by atoms with van der Waals surface area (Å²) < 4.78 is 42.6. The lowest BCUT2D eigenvalue weighted by Crippen LogP contribution is -2.40. The number of amides is 1. The van der Waals surface area contributed by atoms with Gasteiger partial charge in [-0.05, 0) is 19.1 Å². The molecule has 112 valence electrons. The maximum absolute atomic E-state index is 12.4. The van der Waals surface area contributed by atoms with Crippen molar-refractivity contribution in [3.05, 3.63) is 29.8 Å². The summed E-state index contributed by atoms with van der Waals surface area (Å²) in [5, 5.41) is 8.81. The smallest absolute Gasteiger partial charge is 0.406 e. The van der Waals surface area contributed by atoms with E-state index in [-0.39, 0.29) is 11.3 Å². The largest absolute Gasteiger partial charge is 0.493 e. The predicted molar refractivity (Wildman–Crippen MR) is 66.7 cm³/mol. The van der Waals surface area contributed by atoms with Crippen LogP contribution in [0, 0.1) is 0 Å². The molecular weight excluding hydrogens is 275 g/mol. The van der Waals surface area contributed by atoms with Crippen molar-refractivity contribution < 1.29 is 27.8 Å². The van der Waals surface area contributed by atoms with Crippen molar-refractivity contribution >= 4 is 5.91 Å². The minimum Gasteiger partial charge on any atom is -0.493 e. The number of carbonyl (C=O) groups excluding carboxylic acids is 1. The molecule has 0 heterocycles. The maximum Gasteiger partial charge on any atom is 0.406 e. The van der Waals surface area contributed by atoms with E-state index in [0.717, 1.165) is 0 Å². The third kappa shape index (κ3) is 4.73. The van der Waals surface area contributed by atoms with Crippen molar-refractivity contribution in [1.29, 1.82) is 0 Å². The first kappa shape index (κ1) is 16.3. The van der Waals surface area contributed by atoms with E-state index in [1.165, 1.54) is 12.1 Å². The minimum atomic E-state index is -4.52. The van der Waals surface area contributed by atoms with Crippen LogP contribution in [-0.4, -0.2) is 48.4 Å². The molecule has 0 unspecified atom stereocenters. The van der Waals surface area contributed by atoms with E-state index in [4.69, 9.17) is 9.84 Å². The second kappa shape index (κ2) is 7.14. The van der Waals surface area contributed by atoms with Crippen LogP contribution in [0.5, 0.6) is 5.75 Å². The Morgan fingerprint density at radius 3 is 2.55 bits per heavy atom. The lowest BCUT2D eigenvalue weighted by molar-refractivity contribution is -0.141. The number of rotatable bonds is 6. The predicted octanol–water partition coefficient (Wildman–Crippen LogP) is 2.08. The molecule has 7 heteroatoms. The first-order chi connectivity index (χ1) is 9.39. The van der Waals surface area contributed by atoms with Crippen LogP contribution < -0.4 is 4.74 Å². The second-order valence-corrected chi connectivity index (χ2v) is 3.99. The van der Waals surface area contributed by atoms with Gasteiger partial charge in [0.2, 0.25) is 0 Å². The van der Waals surface area contributed by atoms with Gasteiger partial charge in [0.15, 0.2) is 0 Å². The lowest BCUT2D eigenvalue weighted by atomic mass is 10.1. The standard InChI is InChI=1S/C13H16F3NO3/c1-2-20-11-6-4-3-5-10(11)12(19)17(7-8-18)9-13(14,15)16/h3-6,18H,2,7-9H2,1H3. The molecule has 1 rings (SSSR count). The highest BCUT2D eigenvalue weighted by molar-refractivity contribution is 5.97. The zero-order valence-electron chi connectivity index (χ0n) is 11.0. The van der Waals surface area contributed by atoms with Crippen LogP contribution in [0.1, 0.15) is 17.3 Å². The molecule has 0 aliphatic rings. The molecule has 0 atom stereocenters. The van der Waals surface area contributed by atoms with Gasteiger partial charge in [0.25, 0.3) is 5.91 Å². The first-order valence-electron chi connectivity index (χ1n) is 6.07. The summed E-state index contributed by atoms with van der Waals surface area (Å²) in [5.74, 6) is -0.592. The van der Waals surface area contributed by atoms with Crippen molar-refractivity contribution in [2.24, 2.45) is 0 Å². The van der Waals surface area contributed by atoms with E-state index >= 15 is 0 Å². The molecular formula is C13H16F3NO3. The number of para-hydroxylation sites is 1. The van der Waals surface area contributed by atoms with Gasteiger partial charge in [-0.3, -0.25) is 4.79 Å². The molecule has 0 saturated heterocycles. The third-order valence-corrected chi connectivity index (χ3v) is 2.44. The van der Waals surface area contributed by atoms with Gasteiger partial charge in [-0.25, -0.2) is 0 Å². The highest BCUT2D eigenvalue weighted by atomic mass is 19.4. The van der Waals surface area contributed by atoms with Crippen LogP contribution in [-0.2, 0) is 0 Å². The molecule has 20 heavy (non-hydrogen) atoms. The van der Waals surface area contributed by atoms with E-state index in [9.17, 15) is 18.0 Å². The number of aliphatic hydroxyl groups is 1. The van der Waals surface area contributed by atoms with Crippen molar-refractivity contribution in [1.82, 2.24) is 4.90 Å². The number of carbonyl (C=O) groups is 1. The van der Waals surface area contributed by atoms with Gasteiger partial charge in [0.1, 0.15) is 12.3 Å². The van der Waals surface area contributed by atoms with Gasteiger partial charge in [-0.1, -0.05) is 12.1 Å². The SMILES string of the molecule is CCOc1ccccc1C(=O)N(CCO)CC(F)(F)F. The molecule has 1 aromatic rings. The molecule has 0 radical (unpaired) electrons. The molecule has 1 N–H and O–H groups in total. The summed E-state index contributed by atoms with van der Waals surface area (Å²) in [4.78, 5) is 12.7. The Balaban J connectivity index is 3.00. The van der Waals surface area contributed by atoms with Crippen LogP contribution in [0.4, 0.5) is 13.2 Å². The molecule has 4 nitrogen and oxygen atoms in total. The minimum absolute atomic E-state index is 0.0482. The van der Waals surface area contributed by atoms with Crippen LogP contribution in [0.2, 0.25) is 0 Å². The number of benzene rings is 1. The summed E-state index contributed by atoms with van der Waals surface area (Å²) >= 11 is 0. The van der Waals surface area contributed by atoms with Gasteiger partial charge < -0.3 is 14.7 Å². The number of hydrogen-bond donors (Lipinski definition) is 1. The molecule has 1 aromatic carbocycles. The fourth-order valence-electron chi connectivity index (χ4n) is 1.68. The summed E-state index contributed by atoms with van der Waals surface area (Å²) in [6.45, 7) is -0.337. The van der Waals surface area contributed by atoms with E-state index < -0.39 is 31.8 Å². The van der Waals surface area contributed by atoms with E-state index in [2.05, 4.69) is 0 Å². The number of alkyl halides is 3. The Kier molecular flexibility index (Phi) is 5.82. The zero-order valence-corrected chi connectivity index (χ0v) is 11.0.